The molecule has 1 atom stereocenters. The van der Waals surface area contributed by atoms with Crippen LogP contribution >= 0.6 is 0 Å². The van der Waals surface area contributed by atoms with Crippen molar-refractivity contribution < 1.29 is 18.3 Å². The first-order valence-corrected chi connectivity index (χ1v) is 8.37. The number of aromatic carboxylic acids is 1. The Bertz CT molecular complexity index is 781. The van der Waals surface area contributed by atoms with E-state index in [9.17, 15) is 13.2 Å². The van der Waals surface area contributed by atoms with Crippen LogP contribution in [0.2, 0.25) is 0 Å². The Morgan fingerprint density at radius 1 is 1.29 bits per heavy atom. The fourth-order valence-electron chi connectivity index (χ4n) is 2.57. The average Bonchev–Trinajstić information content (AvgIpc) is 3.03. The molecule has 3 rings (SSSR count). The van der Waals surface area contributed by atoms with E-state index in [-0.39, 0.29) is 23.2 Å². The van der Waals surface area contributed by atoms with Crippen LogP contribution in [0, 0.1) is 0 Å². The molecule has 110 valence electrons. The number of carboxylic acid groups (broad SMARTS) is 1. The smallest absolute Gasteiger partial charge is 0.356 e. The Morgan fingerprint density at radius 3 is 2.57 bits per heavy atom. The van der Waals surface area contributed by atoms with Crippen LogP contribution in [-0.4, -0.2) is 40.8 Å². The van der Waals surface area contributed by atoms with Crippen LogP contribution in [0.3, 0.4) is 0 Å². The molecule has 0 aliphatic carbocycles. The molecule has 0 spiro atoms. The van der Waals surface area contributed by atoms with E-state index in [1.165, 1.54) is 6.07 Å². The molecule has 1 saturated heterocycles. The van der Waals surface area contributed by atoms with Crippen molar-refractivity contribution >= 4 is 15.8 Å². The molecular formula is C14H14N2O4S. The van der Waals surface area contributed by atoms with E-state index in [0.29, 0.717) is 12.1 Å². The van der Waals surface area contributed by atoms with Gasteiger partial charge in [-0.15, -0.1) is 0 Å². The monoisotopic (exact) mass is 306 g/mol. The number of nitrogens with zero attached hydrogens (tertiary/aromatic N) is 2. The van der Waals surface area contributed by atoms with Crippen LogP contribution in [0.15, 0.2) is 36.4 Å². The van der Waals surface area contributed by atoms with Gasteiger partial charge in [-0.1, -0.05) is 30.3 Å². The van der Waals surface area contributed by atoms with Gasteiger partial charge in [-0.05, 0) is 18.1 Å². The van der Waals surface area contributed by atoms with E-state index in [4.69, 9.17) is 5.11 Å². The van der Waals surface area contributed by atoms with Gasteiger partial charge in [0, 0.05) is 0 Å². The Balaban J connectivity index is 2.09. The molecule has 0 saturated carbocycles. The Morgan fingerprint density at radius 2 is 2.00 bits per heavy atom. The van der Waals surface area contributed by atoms with Crippen LogP contribution in [0.25, 0.3) is 11.3 Å². The SMILES string of the molecule is O=C(O)c1cc(-c2ccccc2)n(C2CCS(=O)(=O)C2)n1. The Labute approximate surface area is 121 Å². The highest BCUT2D eigenvalue weighted by atomic mass is 32.2. The van der Waals surface area contributed by atoms with Gasteiger partial charge in [0.05, 0.1) is 23.2 Å². The van der Waals surface area contributed by atoms with Gasteiger partial charge in [-0.2, -0.15) is 5.10 Å². The first-order valence-electron chi connectivity index (χ1n) is 6.55. The first-order chi connectivity index (χ1) is 9.96. The topological polar surface area (TPSA) is 89.3 Å². The summed E-state index contributed by atoms with van der Waals surface area (Å²) in [6.07, 6.45) is 0.461. The maximum Gasteiger partial charge on any atom is 0.356 e. The molecule has 1 aliphatic heterocycles. The van der Waals surface area contributed by atoms with Crippen molar-refractivity contribution in [2.24, 2.45) is 0 Å². The van der Waals surface area contributed by atoms with Gasteiger partial charge in [0.25, 0.3) is 0 Å². The summed E-state index contributed by atoms with van der Waals surface area (Å²) >= 11 is 0. The number of hydrogen-bond donors (Lipinski definition) is 1. The maximum absolute atomic E-state index is 11.6. The second kappa shape index (κ2) is 5.00. The zero-order valence-electron chi connectivity index (χ0n) is 11.1. The molecule has 7 heteroatoms. The minimum atomic E-state index is -3.06. The number of carboxylic acids is 1. The van der Waals surface area contributed by atoms with Crippen molar-refractivity contribution in [1.29, 1.82) is 0 Å². The van der Waals surface area contributed by atoms with Crippen molar-refractivity contribution in [2.75, 3.05) is 11.5 Å². The number of rotatable bonds is 3. The van der Waals surface area contributed by atoms with Crippen LogP contribution in [0.4, 0.5) is 0 Å². The zero-order valence-corrected chi connectivity index (χ0v) is 12.0. The van der Waals surface area contributed by atoms with Crippen LogP contribution in [0.1, 0.15) is 23.0 Å². The summed E-state index contributed by atoms with van der Waals surface area (Å²) in [6, 6.07) is 10.4. The zero-order chi connectivity index (χ0) is 15.0. The molecular weight excluding hydrogens is 292 g/mol. The van der Waals surface area contributed by atoms with Gasteiger partial charge in [0.15, 0.2) is 15.5 Å². The Hall–Kier alpha value is -2.15. The van der Waals surface area contributed by atoms with Crippen molar-refractivity contribution in [3.63, 3.8) is 0 Å². The standard InChI is InChI=1S/C14H14N2O4S/c17-14(18)12-8-13(10-4-2-1-3-5-10)16(15-12)11-6-7-21(19,20)9-11/h1-5,8,11H,6-7,9H2,(H,17,18). The van der Waals surface area contributed by atoms with Gasteiger partial charge in [0.1, 0.15) is 0 Å². The van der Waals surface area contributed by atoms with Gasteiger partial charge >= 0.3 is 5.97 Å². The number of sulfone groups is 1. The summed E-state index contributed by atoms with van der Waals surface area (Å²) < 4.78 is 24.8. The van der Waals surface area contributed by atoms with E-state index in [0.717, 1.165) is 5.56 Å². The van der Waals surface area contributed by atoms with Gasteiger partial charge in [-0.25, -0.2) is 13.2 Å². The molecule has 6 nitrogen and oxygen atoms in total. The van der Waals surface area contributed by atoms with Crippen molar-refractivity contribution in [2.45, 2.75) is 12.5 Å². The molecule has 1 aromatic heterocycles. The minimum Gasteiger partial charge on any atom is -0.476 e. The molecule has 0 amide bonds. The summed E-state index contributed by atoms with van der Waals surface area (Å²) in [7, 11) is -3.06. The van der Waals surface area contributed by atoms with Crippen molar-refractivity contribution in [3.8, 4) is 11.3 Å². The molecule has 1 fully saturated rings. The van der Waals surface area contributed by atoms with Gasteiger partial charge in [-0.3, -0.25) is 4.68 Å². The highest BCUT2D eigenvalue weighted by Gasteiger charge is 2.32. The lowest BCUT2D eigenvalue weighted by atomic mass is 10.1. The van der Waals surface area contributed by atoms with Crippen molar-refractivity contribution in [3.05, 3.63) is 42.1 Å². The van der Waals surface area contributed by atoms with Gasteiger partial charge in [0.2, 0.25) is 0 Å². The summed E-state index contributed by atoms with van der Waals surface area (Å²) in [6.45, 7) is 0. The van der Waals surface area contributed by atoms with E-state index in [1.54, 1.807) is 4.68 Å². The maximum atomic E-state index is 11.6. The third-order valence-electron chi connectivity index (χ3n) is 3.58. The molecule has 2 heterocycles. The quantitative estimate of drug-likeness (QED) is 0.930. The lowest BCUT2D eigenvalue weighted by Crippen LogP contribution is -2.14. The largest absolute Gasteiger partial charge is 0.476 e. The second-order valence-corrected chi connectivity index (χ2v) is 7.32. The van der Waals surface area contributed by atoms with Crippen LogP contribution in [0.5, 0.6) is 0 Å². The molecule has 21 heavy (non-hydrogen) atoms. The normalized spacial score (nSPS) is 20.5. The summed E-state index contributed by atoms with van der Waals surface area (Å²) in [5, 5.41) is 13.2. The third-order valence-corrected chi connectivity index (χ3v) is 5.33. The van der Waals surface area contributed by atoms with Crippen LogP contribution < -0.4 is 0 Å². The predicted molar refractivity (Wildman–Crippen MR) is 76.9 cm³/mol. The van der Waals surface area contributed by atoms with Gasteiger partial charge < -0.3 is 5.11 Å². The predicted octanol–water partition coefficient (Wildman–Crippen LogP) is 1.61. The van der Waals surface area contributed by atoms with Crippen LogP contribution in [-0.2, 0) is 9.84 Å². The summed E-state index contributed by atoms with van der Waals surface area (Å²) in [4.78, 5) is 11.1. The number of carbonyl (C=O) groups is 1. The highest BCUT2D eigenvalue weighted by molar-refractivity contribution is 7.91. The fraction of sp³-hybridized carbons (Fsp3) is 0.286. The molecule has 0 bridgehead atoms. The lowest BCUT2D eigenvalue weighted by molar-refractivity contribution is 0.0689. The minimum absolute atomic E-state index is 0.00751. The molecule has 1 aromatic carbocycles. The van der Waals surface area contributed by atoms with E-state index in [2.05, 4.69) is 5.10 Å². The summed E-state index contributed by atoms with van der Waals surface area (Å²) in [5.74, 6) is -0.992. The molecule has 1 N–H and O–H groups in total. The van der Waals surface area contributed by atoms with E-state index < -0.39 is 15.8 Å². The molecule has 1 aliphatic rings. The lowest BCUT2D eigenvalue weighted by Gasteiger charge is -2.13. The molecule has 1 unspecified atom stereocenters. The number of benzene rings is 1. The average molecular weight is 306 g/mol. The fourth-order valence-corrected chi connectivity index (χ4v) is 4.26. The molecule has 0 radical (unpaired) electrons. The molecule has 2 aromatic rings. The second-order valence-electron chi connectivity index (χ2n) is 5.09. The first kappa shape index (κ1) is 13.8. The van der Waals surface area contributed by atoms with E-state index >= 15 is 0 Å². The van der Waals surface area contributed by atoms with E-state index in [1.807, 2.05) is 30.3 Å². The number of aromatic nitrogens is 2. The third kappa shape index (κ3) is 2.69. The van der Waals surface area contributed by atoms with Crippen molar-refractivity contribution in [1.82, 2.24) is 9.78 Å². The Kier molecular flexibility index (Phi) is 3.29. The number of hydrogen-bond acceptors (Lipinski definition) is 4. The summed E-state index contributed by atoms with van der Waals surface area (Å²) in [5.41, 5.74) is 1.38. The highest BCUT2D eigenvalue weighted by Crippen LogP contribution is 2.29.